The van der Waals surface area contributed by atoms with Crippen molar-refractivity contribution in [2.24, 2.45) is 0 Å². The molecule has 1 atom stereocenters. The highest BCUT2D eigenvalue weighted by Gasteiger charge is 2.14. The van der Waals surface area contributed by atoms with Crippen molar-refractivity contribution in [3.05, 3.63) is 88.0 Å². The predicted octanol–water partition coefficient (Wildman–Crippen LogP) is 4.24. The standard InChI is InChI=1S/C19H16N2O3/c1-13(15-10-9-14-5-2-3-6-16(14)11-15)20-19(22)17-7-4-8-18(12-17)21(23)24/h2-13H,1H3,(H,20,22)/t13-/m0/s1. The third-order valence-electron chi connectivity index (χ3n) is 3.94. The molecular weight excluding hydrogens is 304 g/mol. The Labute approximate surface area is 139 Å². The molecule has 24 heavy (non-hydrogen) atoms. The van der Waals surface area contributed by atoms with Crippen LogP contribution in [0.2, 0.25) is 0 Å². The maximum absolute atomic E-state index is 12.3. The predicted molar refractivity (Wildman–Crippen MR) is 92.9 cm³/mol. The summed E-state index contributed by atoms with van der Waals surface area (Å²) in [6.07, 6.45) is 0. The minimum Gasteiger partial charge on any atom is -0.346 e. The number of nitro benzene ring substituents is 1. The Bertz CT molecular complexity index is 921. The molecule has 0 radical (unpaired) electrons. The second kappa shape index (κ2) is 6.50. The molecule has 0 unspecified atom stereocenters. The summed E-state index contributed by atoms with van der Waals surface area (Å²) in [4.78, 5) is 22.6. The van der Waals surface area contributed by atoms with Crippen LogP contribution in [0, 0.1) is 10.1 Å². The van der Waals surface area contributed by atoms with Crippen LogP contribution >= 0.6 is 0 Å². The van der Waals surface area contributed by atoms with Gasteiger partial charge in [0.05, 0.1) is 11.0 Å². The molecule has 0 heterocycles. The third kappa shape index (κ3) is 3.25. The number of carbonyl (C=O) groups is 1. The topological polar surface area (TPSA) is 72.2 Å². The second-order valence-corrected chi connectivity index (χ2v) is 5.61. The Morgan fingerprint density at radius 3 is 2.50 bits per heavy atom. The highest BCUT2D eigenvalue weighted by molar-refractivity contribution is 5.95. The maximum atomic E-state index is 12.3. The number of fused-ring (bicyclic) bond motifs is 1. The molecule has 0 fully saturated rings. The third-order valence-corrected chi connectivity index (χ3v) is 3.94. The van der Waals surface area contributed by atoms with Crippen molar-refractivity contribution < 1.29 is 9.72 Å². The molecule has 0 aliphatic heterocycles. The van der Waals surface area contributed by atoms with Gasteiger partial charge < -0.3 is 5.32 Å². The number of carbonyl (C=O) groups excluding carboxylic acids is 1. The average Bonchev–Trinajstić information content (AvgIpc) is 2.61. The zero-order valence-corrected chi connectivity index (χ0v) is 13.1. The van der Waals surface area contributed by atoms with Crippen LogP contribution in [-0.2, 0) is 0 Å². The van der Waals surface area contributed by atoms with Gasteiger partial charge in [0.25, 0.3) is 11.6 Å². The van der Waals surface area contributed by atoms with Gasteiger partial charge in [-0.2, -0.15) is 0 Å². The van der Waals surface area contributed by atoms with E-state index in [0.717, 1.165) is 16.3 Å². The van der Waals surface area contributed by atoms with Gasteiger partial charge in [-0.1, -0.05) is 42.5 Å². The van der Waals surface area contributed by atoms with Gasteiger partial charge in [0.1, 0.15) is 0 Å². The summed E-state index contributed by atoms with van der Waals surface area (Å²) in [5, 5.41) is 15.9. The molecule has 0 spiro atoms. The Balaban J connectivity index is 1.80. The molecule has 0 aromatic heterocycles. The largest absolute Gasteiger partial charge is 0.346 e. The van der Waals surface area contributed by atoms with E-state index in [1.165, 1.54) is 18.2 Å². The van der Waals surface area contributed by atoms with Crippen LogP contribution in [0.25, 0.3) is 10.8 Å². The minimum atomic E-state index is -0.510. The minimum absolute atomic E-state index is 0.0963. The first-order valence-electron chi connectivity index (χ1n) is 7.58. The van der Waals surface area contributed by atoms with Crippen LogP contribution in [0.1, 0.15) is 28.9 Å². The summed E-state index contributed by atoms with van der Waals surface area (Å²) in [5.74, 6) is -0.334. The van der Waals surface area contributed by atoms with Crippen molar-refractivity contribution in [1.82, 2.24) is 5.32 Å². The molecule has 120 valence electrons. The Kier molecular flexibility index (Phi) is 4.24. The quantitative estimate of drug-likeness (QED) is 0.577. The lowest BCUT2D eigenvalue weighted by Gasteiger charge is -2.15. The van der Waals surface area contributed by atoms with Crippen LogP contribution in [0.4, 0.5) is 5.69 Å². The SMILES string of the molecule is C[C@H](NC(=O)c1cccc([N+](=O)[O-])c1)c1ccc2ccccc2c1. The number of amides is 1. The van der Waals surface area contributed by atoms with Crippen molar-refractivity contribution >= 4 is 22.4 Å². The number of hydrogen-bond acceptors (Lipinski definition) is 3. The van der Waals surface area contributed by atoms with E-state index in [-0.39, 0.29) is 23.2 Å². The molecule has 5 nitrogen and oxygen atoms in total. The zero-order valence-electron chi connectivity index (χ0n) is 13.1. The van der Waals surface area contributed by atoms with E-state index >= 15 is 0 Å². The van der Waals surface area contributed by atoms with Crippen molar-refractivity contribution in [3.63, 3.8) is 0 Å². The van der Waals surface area contributed by atoms with Gasteiger partial charge in [-0.15, -0.1) is 0 Å². The van der Waals surface area contributed by atoms with Gasteiger partial charge >= 0.3 is 0 Å². The summed E-state index contributed by atoms with van der Waals surface area (Å²) in [6.45, 7) is 1.89. The molecular formula is C19H16N2O3. The number of nitrogens with one attached hydrogen (secondary N) is 1. The molecule has 1 N–H and O–H groups in total. The lowest BCUT2D eigenvalue weighted by Crippen LogP contribution is -2.26. The highest BCUT2D eigenvalue weighted by Crippen LogP contribution is 2.21. The molecule has 3 rings (SSSR count). The fourth-order valence-electron chi connectivity index (χ4n) is 2.60. The van der Waals surface area contributed by atoms with E-state index in [2.05, 4.69) is 5.32 Å². The van der Waals surface area contributed by atoms with E-state index in [1.807, 2.05) is 49.4 Å². The highest BCUT2D eigenvalue weighted by atomic mass is 16.6. The number of benzene rings is 3. The number of non-ortho nitro benzene ring substituents is 1. The number of hydrogen-bond donors (Lipinski definition) is 1. The summed E-state index contributed by atoms with van der Waals surface area (Å²) >= 11 is 0. The average molecular weight is 320 g/mol. The smallest absolute Gasteiger partial charge is 0.270 e. The molecule has 3 aromatic rings. The first kappa shape index (κ1) is 15.7. The van der Waals surface area contributed by atoms with E-state index in [0.29, 0.717) is 0 Å². The Morgan fingerprint density at radius 1 is 1.00 bits per heavy atom. The zero-order chi connectivity index (χ0) is 17.1. The van der Waals surface area contributed by atoms with E-state index in [1.54, 1.807) is 6.07 Å². The number of rotatable bonds is 4. The van der Waals surface area contributed by atoms with E-state index in [9.17, 15) is 14.9 Å². The first-order valence-corrected chi connectivity index (χ1v) is 7.58. The second-order valence-electron chi connectivity index (χ2n) is 5.61. The van der Waals surface area contributed by atoms with Crippen LogP contribution in [0.15, 0.2) is 66.7 Å². The van der Waals surface area contributed by atoms with Gasteiger partial charge in [0.15, 0.2) is 0 Å². The first-order chi connectivity index (χ1) is 11.5. The maximum Gasteiger partial charge on any atom is 0.270 e. The van der Waals surface area contributed by atoms with Crippen LogP contribution < -0.4 is 5.32 Å². The fourth-order valence-corrected chi connectivity index (χ4v) is 2.60. The summed E-state index contributed by atoms with van der Waals surface area (Å²) < 4.78 is 0. The lowest BCUT2D eigenvalue weighted by molar-refractivity contribution is -0.384. The molecule has 0 aliphatic carbocycles. The van der Waals surface area contributed by atoms with Gasteiger partial charge in [-0.25, -0.2) is 0 Å². The molecule has 3 aromatic carbocycles. The van der Waals surface area contributed by atoms with Crippen molar-refractivity contribution in [3.8, 4) is 0 Å². The van der Waals surface area contributed by atoms with Crippen molar-refractivity contribution in [2.75, 3.05) is 0 Å². The van der Waals surface area contributed by atoms with Crippen LogP contribution in [0.3, 0.4) is 0 Å². The van der Waals surface area contributed by atoms with E-state index < -0.39 is 4.92 Å². The molecule has 0 saturated carbocycles. The number of nitro groups is 1. The van der Waals surface area contributed by atoms with E-state index in [4.69, 9.17) is 0 Å². The molecule has 5 heteroatoms. The normalized spacial score (nSPS) is 11.9. The molecule has 1 amide bonds. The van der Waals surface area contributed by atoms with Crippen molar-refractivity contribution in [1.29, 1.82) is 0 Å². The molecule has 0 bridgehead atoms. The van der Waals surface area contributed by atoms with Gasteiger partial charge in [-0.3, -0.25) is 14.9 Å². The monoisotopic (exact) mass is 320 g/mol. The van der Waals surface area contributed by atoms with Gasteiger partial charge in [-0.05, 0) is 35.4 Å². The summed E-state index contributed by atoms with van der Waals surface area (Å²) in [7, 11) is 0. The Morgan fingerprint density at radius 2 is 1.75 bits per heavy atom. The van der Waals surface area contributed by atoms with Gasteiger partial charge in [0, 0.05) is 17.7 Å². The summed E-state index contributed by atoms with van der Waals surface area (Å²) in [5.41, 5.74) is 1.16. The fraction of sp³-hybridized carbons (Fsp3) is 0.105. The van der Waals surface area contributed by atoms with Crippen LogP contribution in [-0.4, -0.2) is 10.8 Å². The van der Waals surface area contributed by atoms with Crippen LogP contribution in [0.5, 0.6) is 0 Å². The molecule has 0 aliphatic rings. The summed E-state index contributed by atoms with van der Waals surface area (Å²) in [6, 6.07) is 19.5. The van der Waals surface area contributed by atoms with Crippen molar-refractivity contribution in [2.45, 2.75) is 13.0 Å². The molecule has 0 saturated heterocycles. The van der Waals surface area contributed by atoms with Gasteiger partial charge in [0.2, 0.25) is 0 Å². The lowest BCUT2D eigenvalue weighted by atomic mass is 10.0. The number of nitrogens with zero attached hydrogens (tertiary/aromatic N) is 1. The Hall–Kier alpha value is -3.21.